The molecule has 1 N–H and O–H groups in total. The second-order valence-electron chi connectivity index (χ2n) is 11.0. The van der Waals surface area contributed by atoms with Gasteiger partial charge in [0.05, 0.1) is 5.56 Å². The number of aryl methyl sites for hydroxylation is 1. The second-order valence-corrected chi connectivity index (χ2v) is 11.0. The number of aromatic carboxylic acids is 1. The van der Waals surface area contributed by atoms with E-state index in [0.29, 0.717) is 5.56 Å². The van der Waals surface area contributed by atoms with Gasteiger partial charge >= 0.3 is 5.97 Å². The molecule has 1 aliphatic rings. The topological polar surface area (TPSA) is 40.5 Å². The fraction of sp³-hybridized carbons (Fsp3) is 0.500. The Morgan fingerprint density at radius 3 is 2.06 bits per heavy atom. The summed E-state index contributed by atoms with van der Waals surface area (Å²) in [4.78, 5) is 14.3. The van der Waals surface area contributed by atoms with E-state index in [4.69, 9.17) is 0 Å². The first-order valence-corrected chi connectivity index (χ1v) is 12.3. The molecule has 0 spiro atoms. The van der Waals surface area contributed by atoms with Gasteiger partial charge in [0.2, 0.25) is 0 Å². The average molecular weight is 448 g/mol. The van der Waals surface area contributed by atoms with Gasteiger partial charge in [0.1, 0.15) is 0 Å². The average Bonchev–Trinajstić information content (AvgIpc) is 2.76. The number of carboxylic acids is 1. The molecule has 33 heavy (non-hydrogen) atoms. The highest BCUT2D eigenvalue weighted by Crippen LogP contribution is 2.47. The molecule has 2 aromatic rings. The van der Waals surface area contributed by atoms with Gasteiger partial charge in [-0.1, -0.05) is 66.3 Å². The van der Waals surface area contributed by atoms with E-state index in [2.05, 4.69) is 79.0 Å². The number of rotatable bonds is 7. The lowest BCUT2D eigenvalue weighted by molar-refractivity contribution is 0.0693. The van der Waals surface area contributed by atoms with Crippen molar-refractivity contribution in [3.63, 3.8) is 0 Å². The summed E-state index contributed by atoms with van der Waals surface area (Å²) in [6.45, 7) is 24.1. The maximum absolute atomic E-state index is 12.0. The number of nitrogens with zero attached hydrogens (tertiary/aromatic N) is 1. The quantitative estimate of drug-likeness (QED) is 0.477. The van der Waals surface area contributed by atoms with E-state index in [9.17, 15) is 9.90 Å². The van der Waals surface area contributed by atoms with Crippen molar-refractivity contribution < 1.29 is 9.90 Å². The molecular weight excluding hydrogens is 406 g/mol. The Hall–Kier alpha value is -2.39. The molecule has 1 atom stereocenters. The highest BCUT2D eigenvalue weighted by atomic mass is 16.4. The van der Waals surface area contributed by atoms with Crippen LogP contribution in [0, 0.1) is 6.92 Å². The third kappa shape index (κ3) is 4.66. The van der Waals surface area contributed by atoms with Crippen LogP contribution in [0.5, 0.6) is 0 Å². The molecule has 1 unspecified atom stereocenters. The zero-order valence-electron chi connectivity index (χ0n) is 21.8. The molecule has 0 heterocycles. The Morgan fingerprint density at radius 2 is 1.55 bits per heavy atom. The van der Waals surface area contributed by atoms with Crippen LogP contribution in [-0.2, 0) is 10.8 Å². The van der Waals surface area contributed by atoms with Crippen LogP contribution in [0.25, 0.3) is 5.57 Å². The van der Waals surface area contributed by atoms with Crippen LogP contribution in [0.1, 0.15) is 111 Å². The van der Waals surface area contributed by atoms with E-state index in [0.717, 1.165) is 35.4 Å². The van der Waals surface area contributed by atoms with Crippen molar-refractivity contribution >= 4 is 11.5 Å². The Balaban J connectivity index is 2.13. The highest BCUT2D eigenvalue weighted by Gasteiger charge is 2.37. The Labute approximate surface area is 200 Å². The van der Waals surface area contributed by atoms with Crippen molar-refractivity contribution in [1.29, 1.82) is 0 Å². The van der Waals surface area contributed by atoms with Crippen LogP contribution in [0.3, 0.4) is 0 Å². The van der Waals surface area contributed by atoms with Gasteiger partial charge in [0.15, 0.2) is 0 Å². The summed E-state index contributed by atoms with van der Waals surface area (Å²) in [5.41, 5.74) is 8.72. The van der Waals surface area contributed by atoms with E-state index in [1.54, 1.807) is 6.07 Å². The lowest BCUT2D eigenvalue weighted by atomic mass is 9.62. The van der Waals surface area contributed by atoms with Gasteiger partial charge in [-0.2, -0.15) is 0 Å². The molecule has 0 radical (unpaired) electrons. The predicted octanol–water partition coefficient (Wildman–Crippen LogP) is 7.51. The van der Waals surface area contributed by atoms with Crippen LogP contribution in [0.2, 0.25) is 0 Å². The standard InChI is InChI=1S/C30H41NO2/c1-10-31(11-2)21(5)25-17-22(12-13-23(25)28(32)33)20(4)24-18-27-26(16-19(24)3)29(6,7)14-15-30(27,8)9/h12-13,16-18,21H,4,10-11,14-15H2,1-3,5-9H3,(H,32,33). The summed E-state index contributed by atoms with van der Waals surface area (Å²) in [5.74, 6) is -0.880. The Kier molecular flexibility index (Phi) is 6.96. The second kappa shape index (κ2) is 9.10. The van der Waals surface area contributed by atoms with Gasteiger partial charge < -0.3 is 5.11 Å². The van der Waals surface area contributed by atoms with Gasteiger partial charge in [0, 0.05) is 6.04 Å². The van der Waals surface area contributed by atoms with Crippen LogP contribution in [0.4, 0.5) is 0 Å². The van der Waals surface area contributed by atoms with Crippen LogP contribution >= 0.6 is 0 Å². The van der Waals surface area contributed by atoms with Crippen molar-refractivity contribution in [1.82, 2.24) is 4.90 Å². The third-order valence-corrected chi connectivity index (χ3v) is 7.96. The zero-order valence-corrected chi connectivity index (χ0v) is 21.8. The molecule has 0 fully saturated rings. The van der Waals surface area contributed by atoms with E-state index in [1.165, 1.54) is 29.5 Å². The maximum atomic E-state index is 12.0. The number of carboxylic acid groups (broad SMARTS) is 1. The third-order valence-electron chi connectivity index (χ3n) is 7.96. The molecule has 0 aromatic heterocycles. The van der Waals surface area contributed by atoms with Gasteiger partial charge in [0.25, 0.3) is 0 Å². The van der Waals surface area contributed by atoms with E-state index < -0.39 is 5.97 Å². The number of benzene rings is 2. The SMILES string of the molecule is C=C(c1ccc(C(=O)O)c(C(C)N(CC)CC)c1)c1cc2c(cc1C)C(C)(C)CCC2(C)C. The Bertz CT molecular complexity index is 1070. The first-order valence-electron chi connectivity index (χ1n) is 12.3. The lowest BCUT2D eigenvalue weighted by Gasteiger charge is -2.42. The summed E-state index contributed by atoms with van der Waals surface area (Å²) in [5, 5.41) is 9.83. The molecule has 178 valence electrons. The number of hydrogen-bond acceptors (Lipinski definition) is 2. The first-order chi connectivity index (χ1) is 15.3. The summed E-state index contributed by atoms with van der Waals surface area (Å²) in [7, 11) is 0. The van der Waals surface area contributed by atoms with Crippen molar-refractivity contribution in [2.45, 2.75) is 85.1 Å². The largest absolute Gasteiger partial charge is 0.478 e. The van der Waals surface area contributed by atoms with Crippen LogP contribution < -0.4 is 0 Å². The van der Waals surface area contributed by atoms with Gasteiger partial charge in [-0.05, 0) is 102 Å². The molecule has 3 rings (SSSR count). The normalized spacial score (nSPS) is 17.5. The summed E-state index contributed by atoms with van der Waals surface area (Å²) in [6, 6.07) is 10.4. The maximum Gasteiger partial charge on any atom is 0.336 e. The Morgan fingerprint density at radius 1 is 1.00 bits per heavy atom. The molecule has 0 bridgehead atoms. The molecule has 0 aliphatic heterocycles. The van der Waals surface area contributed by atoms with Gasteiger partial charge in [-0.25, -0.2) is 4.79 Å². The molecule has 3 heteroatoms. The van der Waals surface area contributed by atoms with Crippen LogP contribution in [-0.4, -0.2) is 29.1 Å². The molecule has 1 aliphatic carbocycles. The number of fused-ring (bicyclic) bond motifs is 1. The highest BCUT2D eigenvalue weighted by molar-refractivity contribution is 5.91. The molecule has 0 saturated heterocycles. The zero-order chi connectivity index (χ0) is 24.7. The van der Waals surface area contributed by atoms with E-state index in [1.807, 2.05) is 12.1 Å². The smallest absolute Gasteiger partial charge is 0.336 e. The molecule has 0 amide bonds. The lowest BCUT2D eigenvalue weighted by Crippen LogP contribution is -2.34. The number of hydrogen-bond donors (Lipinski definition) is 1. The van der Waals surface area contributed by atoms with Gasteiger partial charge in [-0.15, -0.1) is 0 Å². The first kappa shape index (κ1) is 25.2. The minimum absolute atomic E-state index is 0.0169. The summed E-state index contributed by atoms with van der Waals surface area (Å²) in [6.07, 6.45) is 2.36. The molecule has 0 saturated carbocycles. The van der Waals surface area contributed by atoms with Gasteiger partial charge in [-0.3, -0.25) is 4.90 Å². The fourth-order valence-corrected chi connectivity index (χ4v) is 5.46. The summed E-state index contributed by atoms with van der Waals surface area (Å²) >= 11 is 0. The minimum Gasteiger partial charge on any atom is -0.478 e. The molecule has 3 nitrogen and oxygen atoms in total. The monoisotopic (exact) mass is 447 g/mol. The summed E-state index contributed by atoms with van der Waals surface area (Å²) < 4.78 is 0. The van der Waals surface area contributed by atoms with E-state index >= 15 is 0 Å². The van der Waals surface area contributed by atoms with Crippen LogP contribution in [0.15, 0.2) is 36.9 Å². The fourth-order valence-electron chi connectivity index (χ4n) is 5.46. The van der Waals surface area contributed by atoms with E-state index in [-0.39, 0.29) is 16.9 Å². The van der Waals surface area contributed by atoms with Crippen molar-refractivity contribution in [2.75, 3.05) is 13.1 Å². The minimum atomic E-state index is -0.880. The molecular formula is C30H41NO2. The predicted molar refractivity (Wildman–Crippen MR) is 139 cm³/mol. The van der Waals surface area contributed by atoms with Crippen molar-refractivity contribution in [3.8, 4) is 0 Å². The van der Waals surface area contributed by atoms with Crippen molar-refractivity contribution in [2.24, 2.45) is 0 Å². The number of carbonyl (C=O) groups is 1. The van der Waals surface area contributed by atoms with Crippen molar-refractivity contribution in [3.05, 3.63) is 75.9 Å². The molecule has 2 aromatic carbocycles.